The standard InChI is InChI=1S/C25H18F4N4O2/c1-24(35,23(34)33-20-9-5-17(13-31)22(11-20)25(27,28)29)14-32-19-8-4-16(12-30)21(10-19)15-2-6-18(26)7-3-15/h2-11,32,35H,14H2,1H3,(H,33,34). The maximum atomic E-state index is 13.3. The summed E-state index contributed by atoms with van der Waals surface area (Å²) < 4.78 is 52.7. The molecule has 35 heavy (non-hydrogen) atoms. The van der Waals surface area contributed by atoms with Crippen LogP contribution in [-0.2, 0) is 11.0 Å². The molecule has 1 atom stereocenters. The van der Waals surface area contributed by atoms with Gasteiger partial charge in [0.25, 0.3) is 5.91 Å². The second-order valence-electron chi connectivity index (χ2n) is 7.83. The Morgan fingerprint density at radius 1 is 0.943 bits per heavy atom. The number of rotatable bonds is 6. The molecule has 1 unspecified atom stereocenters. The van der Waals surface area contributed by atoms with E-state index in [1.807, 2.05) is 6.07 Å². The fourth-order valence-electron chi connectivity index (χ4n) is 3.19. The molecule has 0 aliphatic carbocycles. The molecule has 6 nitrogen and oxygen atoms in total. The lowest BCUT2D eigenvalue weighted by Gasteiger charge is -2.24. The molecule has 1 amide bonds. The normalized spacial score (nSPS) is 12.7. The number of carbonyl (C=O) groups excluding carboxylic acids is 1. The van der Waals surface area contributed by atoms with Crippen LogP contribution in [0.2, 0.25) is 0 Å². The lowest BCUT2D eigenvalue weighted by atomic mass is 9.99. The van der Waals surface area contributed by atoms with Gasteiger partial charge in [-0.1, -0.05) is 12.1 Å². The molecule has 0 saturated heterocycles. The summed E-state index contributed by atoms with van der Waals surface area (Å²) in [5.74, 6) is -1.41. The van der Waals surface area contributed by atoms with E-state index in [0.717, 1.165) is 12.1 Å². The molecular formula is C25H18F4N4O2. The number of nitrogens with zero attached hydrogens (tertiary/aromatic N) is 2. The van der Waals surface area contributed by atoms with E-state index in [1.54, 1.807) is 12.1 Å². The summed E-state index contributed by atoms with van der Waals surface area (Å²) in [5.41, 5.74) is -2.24. The molecule has 10 heteroatoms. The van der Waals surface area contributed by atoms with Crippen LogP contribution in [0.25, 0.3) is 11.1 Å². The molecule has 0 fully saturated rings. The van der Waals surface area contributed by atoms with E-state index in [4.69, 9.17) is 5.26 Å². The van der Waals surface area contributed by atoms with Crippen molar-refractivity contribution in [3.63, 3.8) is 0 Å². The molecule has 178 valence electrons. The Hall–Kier alpha value is -4.41. The summed E-state index contributed by atoms with van der Waals surface area (Å²) in [7, 11) is 0. The zero-order valence-corrected chi connectivity index (χ0v) is 18.2. The molecule has 0 spiro atoms. The van der Waals surface area contributed by atoms with E-state index in [9.17, 15) is 32.7 Å². The van der Waals surface area contributed by atoms with Crippen molar-refractivity contribution in [2.75, 3.05) is 17.2 Å². The van der Waals surface area contributed by atoms with Gasteiger partial charge in [0.15, 0.2) is 5.60 Å². The second kappa shape index (κ2) is 9.84. The van der Waals surface area contributed by atoms with Gasteiger partial charge in [0, 0.05) is 16.9 Å². The third kappa shape index (κ3) is 5.94. The van der Waals surface area contributed by atoms with Gasteiger partial charge in [-0.15, -0.1) is 0 Å². The van der Waals surface area contributed by atoms with E-state index in [0.29, 0.717) is 28.4 Å². The summed E-state index contributed by atoms with van der Waals surface area (Å²) in [6.07, 6.45) is -4.80. The van der Waals surface area contributed by atoms with Crippen molar-refractivity contribution in [1.29, 1.82) is 10.5 Å². The number of carbonyl (C=O) groups is 1. The summed E-state index contributed by atoms with van der Waals surface area (Å²) in [4.78, 5) is 12.6. The predicted octanol–water partition coefficient (Wildman–Crippen LogP) is 5.06. The molecule has 0 radical (unpaired) electrons. The van der Waals surface area contributed by atoms with Gasteiger partial charge in [-0.05, 0) is 61.0 Å². The lowest BCUT2D eigenvalue weighted by Crippen LogP contribution is -2.45. The van der Waals surface area contributed by atoms with Gasteiger partial charge in [-0.2, -0.15) is 23.7 Å². The smallest absolute Gasteiger partial charge is 0.382 e. The Bertz CT molecular complexity index is 1340. The highest BCUT2D eigenvalue weighted by Crippen LogP contribution is 2.34. The first-order valence-electron chi connectivity index (χ1n) is 10.1. The van der Waals surface area contributed by atoms with Crippen LogP contribution in [0.1, 0.15) is 23.6 Å². The van der Waals surface area contributed by atoms with Gasteiger partial charge in [-0.25, -0.2) is 4.39 Å². The number of alkyl halides is 3. The van der Waals surface area contributed by atoms with Crippen LogP contribution in [0.4, 0.5) is 28.9 Å². The van der Waals surface area contributed by atoms with Gasteiger partial charge >= 0.3 is 6.18 Å². The van der Waals surface area contributed by atoms with Crippen LogP contribution in [0.15, 0.2) is 60.7 Å². The molecule has 3 aromatic carbocycles. The number of hydrogen-bond donors (Lipinski definition) is 3. The maximum absolute atomic E-state index is 13.3. The zero-order valence-electron chi connectivity index (χ0n) is 18.2. The summed E-state index contributed by atoms with van der Waals surface area (Å²) in [6, 6.07) is 16.3. The highest BCUT2D eigenvalue weighted by atomic mass is 19.4. The van der Waals surface area contributed by atoms with E-state index >= 15 is 0 Å². The molecule has 3 rings (SSSR count). The number of hydrogen-bond acceptors (Lipinski definition) is 5. The van der Waals surface area contributed by atoms with Crippen LogP contribution < -0.4 is 10.6 Å². The highest BCUT2D eigenvalue weighted by molar-refractivity contribution is 5.97. The fourth-order valence-corrected chi connectivity index (χ4v) is 3.19. The largest absolute Gasteiger partial charge is 0.417 e. The Balaban J connectivity index is 1.76. The van der Waals surface area contributed by atoms with Crippen molar-refractivity contribution in [3.05, 3.63) is 83.2 Å². The van der Waals surface area contributed by atoms with Crippen molar-refractivity contribution >= 4 is 17.3 Å². The summed E-state index contributed by atoms with van der Waals surface area (Å²) in [5, 5.41) is 34.0. The highest BCUT2D eigenvalue weighted by Gasteiger charge is 2.35. The van der Waals surface area contributed by atoms with Crippen molar-refractivity contribution in [3.8, 4) is 23.3 Å². The van der Waals surface area contributed by atoms with Crippen LogP contribution >= 0.6 is 0 Å². The van der Waals surface area contributed by atoms with Crippen molar-refractivity contribution < 1.29 is 27.5 Å². The van der Waals surface area contributed by atoms with Crippen LogP contribution in [0, 0.1) is 28.5 Å². The van der Waals surface area contributed by atoms with Crippen LogP contribution in [0.5, 0.6) is 0 Å². The summed E-state index contributed by atoms with van der Waals surface area (Å²) in [6.45, 7) is 0.851. The Morgan fingerprint density at radius 3 is 2.14 bits per heavy atom. The van der Waals surface area contributed by atoms with E-state index in [2.05, 4.69) is 10.6 Å². The molecular weight excluding hydrogens is 464 g/mol. The van der Waals surface area contributed by atoms with Gasteiger partial charge in [-0.3, -0.25) is 4.79 Å². The van der Waals surface area contributed by atoms with E-state index in [-0.39, 0.29) is 12.2 Å². The number of nitriles is 2. The van der Waals surface area contributed by atoms with Crippen molar-refractivity contribution in [2.45, 2.75) is 18.7 Å². The minimum atomic E-state index is -4.80. The first kappa shape index (κ1) is 25.2. The molecule has 0 saturated carbocycles. The van der Waals surface area contributed by atoms with Crippen molar-refractivity contribution in [2.24, 2.45) is 0 Å². The number of aliphatic hydroxyl groups is 1. The predicted molar refractivity (Wildman–Crippen MR) is 120 cm³/mol. The van der Waals surface area contributed by atoms with Crippen LogP contribution in [-0.4, -0.2) is 23.2 Å². The number of amides is 1. The number of nitrogens with one attached hydrogen (secondary N) is 2. The average molecular weight is 482 g/mol. The number of halogens is 4. The quantitative estimate of drug-likeness (QED) is 0.426. The molecule has 0 bridgehead atoms. The molecule has 0 aromatic heterocycles. The van der Waals surface area contributed by atoms with Gasteiger partial charge in [0.2, 0.25) is 0 Å². The van der Waals surface area contributed by atoms with Gasteiger partial charge < -0.3 is 15.7 Å². The van der Waals surface area contributed by atoms with Gasteiger partial charge in [0.1, 0.15) is 5.82 Å². The van der Waals surface area contributed by atoms with Crippen molar-refractivity contribution in [1.82, 2.24) is 0 Å². The van der Waals surface area contributed by atoms with E-state index < -0.39 is 34.6 Å². The third-order valence-corrected chi connectivity index (χ3v) is 5.12. The third-order valence-electron chi connectivity index (χ3n) is 5.12. The second-order valence-corrected chi connectivity index (χ2v) is 7.83. The minimum Gasteiger partial charge on any atom is -0.382 e. The summed E-state index contributed by atoms with van der Waals surface area (Å²) >= 11 is 0. The topological polar surface area (TPSA) is 109 Å². The first-order chi connectivity index (χ1) is 16.4. The molecule has 3 aromatic rings. The lowest BCUT2D eigenvalue weighted by molar-refractivity contribution is -0.137. The SMILES string of the molecule is CC(O)(CNc1ccc(C#N)c(-c2ccc(F)cc2)c1)C(=O)Nc1ccc(C#N)c(C(F)(F)F)c1. The molecule has 0 aliphatic heterocycles. The first-order valence-corrected chi connectivity index (χ1v) is 10.1. The minimum absolute atomic E-state index is 0.237. The molecule has 3 N–H and O–H groups in total. The molecule has 0 aliphatic rings. The number of benzene rings is 3. The monoisotopic (exact) mass is 482 g/mol. The maximum Gasteiger partial charge on any atom is 0.417 e. The van der Waals surface area contributed by atoms with E-state index in [1.165, 1.54) is 43.3 Å². The Kier molecular flexibility index (Phi) is 7.09. The Morgan fingerprint density at radius 2 is 1.54 bits per heavy atom. The number of anilines is 2. The molecule has 0 heterocycles. The van der Waals surface area contributed by atoms with Crippen LogP contribution in [0.3, 0.4) is 0 Å². The Labute approximate surface area is 198 Å². The average Bonchev–Trinajstić information content (AvgIpc) is 2.82. The fraction of sp³-hybridized carbons (Fsp3) is 0.160. The van der Waals surface area contributed by atoms with Gasteiger partial charge in [0.05, 0.1) is 35.4 Å². The zero-order chi connectivity index (χ0) is 25.8.